The Hall–Kier alpha value is -3.03. The molecule has 0 aliphatic rings. The maximum absolute atomic E-state index is 12.2. The summed E-state index contributed by atoms with van der Waals surface area (Å²) in [6.45, 7) is 3.50. The minimum absolute atomic E-state index is 0.0115. The Labute approximate surface area is 173 Å². The summed E-state index contributed by atoms with van der Waals surface area (Å²) in [5.41, 5.74) is 3.63. The number of aliphatic hydroxyl groups is 1. The Kier molecular flexibility index (Phi) is 6.74. The maximum Gasteiger partial charge on any atom is 0.338 e. The molecule has 3 rings (SSSR count). The molecule has 6 nitrogen and oxygen atoms in total. The third-order valence-electron chi connectivity index (χ3n) is 4.37. The lowest BCUT2D eigenvalue weighted by Crippen LogP contribution is -2.22. The predicted octanol–water partition coefficient (Wildman–Crippen LogP) is 4.24. The van der Waals surface area contributed by atoms with Crippen LogP contribution in [-0.4, -0.2) is 22.0 Å². The van der Waals surface area contributed by atoms with E-state index in [4.69, 9.17) is 9.84 Å². The normalized spacial score (nSPS) is 10.6. The number of amides is 1. The van der Waals surface area contributed by atoms with Gasteiger partial charge in [-0.3, -0.25) is 9.69 Å². The average Bonchev–Trinajstić information content (AvgIpc) is 3.20. The summed E-state index contributed by atoms with van der Waals surface area (Å²) < 4.78 is 5.32. The van der Waals surface area contributed by atoms with Crippen LogP contribution in [0.5, 0.6) is 0 Å². The summed E-state index contributed by atoms with van der Waals surface area (Å²) in [4.78, 5) is 30.4. The third kappa shape index (κ3) is 5.07. The van der Waals surface area contributed by atoms with E-state index in [0.717, 1.165) is 17.7 Å². The monoisotopic (exact) mass is 410 g/mol. The number of ether oxygens (including phenoxy) is 1. The van der Waals surface area contributed by atoms with Crippen molar-refractivity contribution in [3.63, 3.8) is 0 Å². The summed E-state index contributed by atoms with van der Waals surface area (Å²) in [5, 5.41) is 11.4. The van der Waals surface area contributed by atoms with Gasteiger partial charge in [-0.2, -0.15) is 0 Å². The minimum Gasteiger partial charge on any atom is -0.456 e. The molecule has 0 bridgehead atoms. The van der Waals surface area contributed by atoms with E-state index >= 15 is 0 Å². The van der Waals surface area contributed by atoms with Gasteiger partial charge >= 0.3 is 5.97 Å². The number of aliphatic hydroxyl groups excluding tert-OH is 1. The van der Waals surface area contributed by atoms with Gasteiger partial charge in [0.2, 0.25) is 5.91 Å². The average molecular weight is 410 g/mol. The molecule has 0 saturated carbocycles. The highest BCUT2D eigenvalue weighted by Gasteiger charge is 2.18. The number of benzene rings is 2. The van der Waals surface area contributed by atoms with E-state index in [2.05, 4.69) is 11.9 Å². The number of aryl methyl sites for hydroxylation is 1. The molecule has 1 amide bonds. The standard InChI is InChI=1S/C22H22N2O4S/c1-3-16-6-10-20(11-7-16)24(15(2)26)22-23-19(14-29-22)13-28-21(27)18-8-4-17(12-25)5-9-18/h4-11,14,25H,3,12-13H2,1-2H3. The fourth-order valence-corrected chi connectivity index (χ4v) is 3.61. The number of hydrogen-bond donors (Lipinski definition) is 1. The van der Waals surface area contributed by atoms with E-state index < -0.39 is 5.97 Å². The van der Waals surface area contributed by atoms with Crippen LogP contribution in [-0.2, 0) is 29.2 Å². The molecule has 3 aromatic rings. The van der Waals surface area contributed by atoms with Crippen molar-refractivity contribution < 1.29 is 19.4 Å². The molecular formula is C22H22N2O4S. The van der Waals surface area contributed by atoms with Gasteiger partial charge in [-0.05, 0) is 41.8 Å². The van der Waals surface area contributed by atoms with E-state index in [1.165, 1.54) is 23.8 Å². The Bertz CT molecular complexity index is 981. The largest absolute Gasteiger partial charge is 0.456 e. The molecule has 0 unspecified atom stereocenters. The quantitative estimate of drug-likeness (QED) is 0.590. The van der Waals surface area contributed by atoms with E-state index in [-0.39, 0.29) is 19.1 Å². The van der Waals surface area contributed by atoms with Crippen LogP contribution in [0.1, 0.15) is 41.0 Å². The van der Waals surface area contributed by atoms with E-state index in [0.29, 0.717) is 16.4 Å². The van der Waals surface area contributed by atoms with Crippen LogP contribution in [0, 0.1) is 0 Å². The first-order valence-corrected chi connectivity index (χ1v) is 10.1. The van der Waals surface area contributed by atoms with Crippen molar-refractivity contribution in [2.24, 2.45) is 0 Å². The Morgan fingerprint density at radius 3 is 2.31 bits per heavy atom. The number of carbonyl (C=O) groups excluding carboxylic acids is 2. The maximum atomic E-state index is 12.2. The molecule has 0 fully saturated rings. The van der Waals surface area contributed by atoms with Crippen LogP contribution in [0.2, 0.25) is 0 Å². The first kappa shape index (κ1) is 20.7. The van der Waals surface area contributed by atoms with Gasteiger partial charge in [0, 0.05) is 12.3 Å². The Morgan fingerprint density at radius 1 is 1.07 bits per heavy atom. The molecule has 7 heteroatoms. The number of hydrogen-bond acceptors (Lipinski definition) is 6. The van der Waals surface area contributed by atoms with E-state index in [1.54, 1.807) is 34.5 Å². The summed E-state index contributed by atoms with van der Waals surface area (Å²) in [6.07, 6.45) is 0.926. The molecule has 1 aromatic heterocycles. The fourth-order valence-electron chi connectivity index (χ4n) is 2.74. The molecule has 0 saturated heterocycles. The molecule has 0 aliphatic heterocycles. The summed E-state index contributed by atoms with van der Waals surface area (Å²) in [7, 11) is 0. The molecular weight excluding hydrogens is 388 g/mol. The van der Waals surface area contributed by atoms with Gasteiger partial charge in [0.05, 0.1) is 23.6 Å². The SMILES string of the molecule is CCc1ccc(N(C(C)=O)c2nc(COC(=O)c3ccc(CO)cc3)cs2)cc1. The van der Waals surface area contributed by atoms with Crippen molar-refractivity contribution in [3.8, 4) is 0 Å². The Morgan fingerprint density at radius 2 is 1.72 bits per heavy atom. The molecule has 150 valence electrons. The number of anilines is 2. The van der Waals surface area contributed by atoms with Gasteiger partial charge < -0.3 is 9.84 Å². The molecule has 0 aliphatic carbocycles. The molecule has 1 N–H and O–H groups in total. The van der Waals surface area contributed by atoms with E-state index in [1.807, 2.05) is 24.3 Å². The lowest BCUT2D eigenvalue weighted by molar-refractivity contribution is -0.115. The second-order valence-corrected chi connectivity index (χ2v) is 7.26. The molecule has 0 radical (unpaired) electrons. The van der Waals surface area contributed by atoms with Gasteiger partial charge in [-0.15, -0.1) is 11.3 Å². The van der Waals surface area contributed by atoms with Crippen LogP contribution < -0.4 is 4.90 Å². The summed E-state index contributed by atoms with van der Waals surface area (Å²) in [6, 6.07) is 14.3. The second-order valence-electron chi connectivity index (χ2n) is 6.43. The van der Waals surface area contributed by atoms with Crippen LogP contribution in [0.4, 0.5) is 10.8 Å². The topological polar surface area (TPSA) is 79.7 Å². The van der Waals surface area contributed by atoms with Crippen LogP contribution in [0.15, 0.2) is 53.9 Å². The summed E-state index contributed by atoms with van der Waals surface area (Å²) >= 11 is 1.32. The van der Waals surface area contributed by atoms with Crippen molar-refractivity contribution in [2.75, 3.05) is 4.90 Å². The van der Waals surface area contributed by atoms with Crippen molar-refractivity contribution in [1.82, 2.24) is 4.98 Å². The number of rotatable bonds is 7. The zero-order chi connectivity index (χ0) is 20.8. The van der Waals surface area contributed by atoms with Crippen LogP contribution in [0.3, 0.4) is 0 Å². The van der Waals surface area contributed by atoms with Crippen LogP contribution in [0.25, 0.3) is 0 Å². The number of carbonyl (C=O) groups is 2. The zero-order valence-electron chi connectivity index (χ0n) is 16.3. The smallest absolute Gasteiger partial charge is 0.338 e. The summed E-state index contributed by atoms with van der Waals surface area (Å²) in [5.74, 6) is -0.612. The van der Waals surface area contributed by atoms with E-state index in [9.17, 15) is 9.59 Å². The third-order valence-corrected chi connectivity index (χ3v) is 5.25. The highest BCUT2D eigenvalue weighted by Crippen LogP contribution is 2.29. The molecule has 29 heavy (non-hydrogen) atoms. The van der Waals surface area contributed by atoms with Crippen molar-refractivity contribution >= 4 is 34.0 Å². The zero-order valence-corrected chi connectivity index (χ0v) is 17.1. The predicted molar refractivity (Wildman–Crippen MR) is 112 cm³/mol. The van der Waals surface area contributed by atoms with Gasteiger partial charge in [0.15, 0.2) is 5.13 Å². The van der Waals surface area contributed by atoms with Crippen LogP contribution >= 0.6 is 11.3 Å². The van der Waals surface area contributed by atoms with Crippen molar-refractivity contribution in [2.45, 2.75) is 33.5 Å². The molecule has 2 aromatic carbocycles. The number of aromatic nitrogens is 1. The Balaban J connectivity index is 1.69. The first-order valence-electron chi connectivity index (χ1n) is 9.22. The van der Waals surface area contributed by atoms with Gasteiger partial charge in [0.25, 0.3) is 0 Å². The highest BCUT2D eigenvalue weighted by atomic mass is 32.1. The number of thiazole rings is 1. The number of esters is 1. The number of nitrogens with zero attached hydrogens (tertiary/aromatic N) is 2. The first-order chi connectivity index (χ1) is 14.0. The fraction of sp³-hybridized carbons (Fsp3) is 0.227. The molecule has 1 heterocycles. The second kappa shape index (κ2) is 9.45. The van der Waals surface area contributed by atoms with Gasteiger partial charge in [0.1, 0.15) is 6.61 Å². The van der Waals surface area contributed by atoms with Gasteiger partial charge in [-0.25, -0.2) is 9.78 Å². The lowest BCUT2D eigenvalue weighted by atomic mass is 10.1. The van der Waals surface area contributed by atoms with Crippen molar-refractivity contribution in [3.05, 3.63) is 76.3 Å². The van der Waals surface area contributed by atoms with Gasteiger partial charge in [-0.1, -0.05) is 31.2 Å². The molecule has 0 spiro atoms. The minimum atomic E-state index is -0.470. The van der Waals surface area contributed by atoms with Crippen molar-refractivity contribution in [1.29, 1.82) is 0 Å². The highest BCUT2D eigenvalue weighted by molar-refractivity contribution is 7.14. The lowest BCUT2D eigenvalue weighted by Gasteiger charge is -2.18. The molecule has 0 atom stereocenters.